The van der Waals surface area contributed by atoms with Crippen LogP contribution >= 0.6 is 11.6 Å². The van der Waals surface area contributed by atoms with Gasteiger partial charge in [-0.1, -0.05) is 32.4 Å². The van der Waals surface area contributed by atoms with E-state index >= 15 is 0 Å². The summed E-state index contributed by atoms with van der Waals surface area (Å²) in [4.78, 5) is 0. The van der Waals surface area contributed by atoms with E-state index in [0.29, 0.717) is 0 Å². The smallest absolute Gasteiger partial charge is 0.178 e. The van der Waals surface area contributed by atoms with E-state index in [-0.39, 0.29) is 0 Å². The molecule has 0 fully saturated rings. The predicted octanol–water partition coefficient (Wildman–Crippen LogP) is 2.57. The Balaban J connectivity index is 3.54. The molecular weight excluding hydrogens is 115 g/mol. The van der Waals surface area contributed by atoms with Gasteiger partial charge in [-0.25, -0.2) is 4.39 Å². The van der Waals surface area contributed by atoms with Gasteiger partial charge in [-0.3, -0.25) is 0 Å². The molecule has 0 N–H and O–H groups in total. The summed E-state index contributed by atoms with van der Waals surface area (Å²) in [5.41, 5.74) is -1.63. The van der Waals surface area contributed by atoms with Gasteiger partial charge in [0.25, 0.3) is 0 Å². The van der Waals surface area contributed by atoms with Gasteiger partial charge in [-0.2, -0.15) is 0 Å². The van der Waals surface area contributed by atoms with Crippen LogP contribution in [-0.4, -0.2) is 5.63 Å². The second-order valence-corrected chi connectivity index (χ2v) is 3.05. The summed E-state index contributed by atoms with van der Waals surface area (Å²) in [6.07, 6.45) is 0. The van der Waals surface area contributed by atoms with Crippen molar-refractivity contribution in [3.8, 4) is 0 Å². The summed E-state index contributed by atoms with van der Waals surface area (Å²) in [7, 11) is 0. The van der Waals surface area contributed by atoms with Gasteiger partial charge >= 0.3 is 0 Å². The lowest BCUT2D eigenvalue weighted by Crippen LogP contribution is -2.14. The van der Waals surface area contributed by atoms with Crippen LogP contribution in [0, 0.1) is 5.41 Å². The van der Waals surface area contributed by atoms with Crippen LogP contribution in [0.5, 0.6) is 0 Å². The van der Waals surface area contributed by atoms with Gasteiger partial charge in [-0.05, 0) is 0 Å². The lowest BCUT2D eigenvalue weighted by molar-refractivity contribution is 0.243. The maximum absolute atomic E-state index is 12.0. The Bertz CT molecular complexity index is 53.6. The molecule has 0 saturated heterocycles. The van der Waals surface area contributed by atoms with Crippen LogP contribution in [0.2, 0.25) is 0 Å². The van der Waals surface area contributed by atoms with Crippen LogP contribution in [0.1, 0.15) is 20.8 Å². The van der Waals surface area contributed by atoms with Crippen LogP contribution in [0.25, 0.3) is 0 Å². The molecular formula is C5H10ClF. The van der Waals surface area contributed by atoms with Crippen molar-refractivity contribution in [2.45, 2.75) is 26.4 Å². The van der Waals surface area contributed by atoms with Crippen molar-refractivity contribution in [2.24, 2.45) is 5.41 Å². The average Bonchev–Trinajstić information content (AvgIpc) is 1.31. The quantitative estimate of drug-likeness (QED) is 0.436. The minimum atomic E-state index is -1.23. The Hall–Kier alpha value is 0.220. The topological polar surface area (TPSA) is 0 Å². The summed E-state index contributed by atoms with van der Waals surface area (Å²) in [6.45, 7) is 5.26. The Kier molecular flexibility index (Phi) is 2.06. The molecule has 0 radical (unpaired) electrons. The average molecular weight is 125 g/mol. The van der Waals surface area contributed by atoms with Crippen molar-refractivity contribution in [2.75, 3.05) is 0 Å². The fourth-order valence-corrected chi connectivity index (χ4v) is 0. The number of alkyl halides is 2. The van der Waals surface area contributed by atoms with Crippen molar-refractivity contribution in [1.29, 1.82) is 0 Å². The van der Waals surface area contributed by atoms with Crippen LogP contribution in [0.15, 0.2) is 0 Å². The largest absolute Gasteiger partial charge is 0.229 e. The summed E-state index contributed by atoms with van der Waals surface area (Å²) in [5, 5.41) is 0. The third-order valence-corrected chi connectivity index (χ3v) is 1.31. The number of rotatable bonds is 0. The molecule has 0 saturated carbocycles. The molecule has 2 heteroatoms. The molecule has 44 valence electrons. The molecule has 0 aliphatic carbocycles. The number of hydrogen-bond donors (Lipinski definition) is 0. The number of hydrogen-bond acceptors (Lipinski definition) is 0. The minimum Gasteiger partial charge on any atom is -0.229 e. The van der Waals surface area contributed by atoms with Gasteiger partial charge in [0.2, 0.25) is 0 Å². The zero-order valence-electron chi connectivity index (χ0n) is 4.83. The molecule has 0 rings (SSSR count). The lowest BCUT2D eigenvalue weighted by atomic mass is 9.99. The summed E-state index contributed by atoms with van der Waals surface area (Å²) < 4.78 is 12.0. The van der Waals surface area contributed by atoms with Crippen molar-refractivity contribution in [3.63, 3.8) is 0 Å². The highest BCUT2D eigenvalue weighted by Gasteiger charge is 2.20. The molecule has 0 aliphatic heterocycles. The fourth-order valence-electron chi connectivity index (χ4n) is 0. The normalized spacial score (nSPS) is 16.7. The Morgan fingerprint density at radius 3 is 1.57 bits per heavy atom. The van der Waals surface area contributed by atoms with E-state index in [2.05, 4.69) is 0 Å². The van der Waals surface area contributed by atoms with Crippen molar-refractivity contribution < 1.29 is 4.39 Å². The van der Waals surface area contributed by atoms with Gasteiger partial charge < -0.3 is 0 Å². The van der Waals surface area contributed by atoms with Gasteiger partial charge in [0.1, 0.15) is 0 Å². The van der Waals surface area contributed by atoms with Crippen LogP contribution in [0.3, 0.4) is 0 Å². The maximum Gasteiger partial charge on any atom is 0.178 e. The van der Waals surface area contributed by atoms with E-state index in [1.807, 2.05) is 0 Å². The van der Waals surface area contributed by atoms with Crippen LogP contribution < -0.4 is 0 Å². The van der Waals surface area contributed by atoms with Gasteiger partial charge in [0.15, 0.2) is 5.63 Å². The van der Waals surface area contributed by atoms with Crippen molar-refractivity contribution >= 4 is 11.6 Å². The zero-order valence-corrected chi connectivity index (χ0v) is 5.59. The maximum atomic E-state index is 12.0. The van der Waals surface area contributed by atoms with E-state index in [0.717, 1.165) is 0 Å². The highest BCUT2D eigenvalue weighted by Crippen LogP contribution is 2.24. The molecule has 0 heterocycles. The van der Waals surface area contributed by atoms with Crippen molar-refractivity contribution in [1.82, 2.24) is 0 Å². The highest BCUT2D eigenvalue weighted by atomic mass is 35.5. The van der Waals surface area contributed by atoms with E-state index < -0.39 is 11.0 Å². The van der Waals surface area contributed by atoms with E-state index in [1.165, 1.54) is 0 Å². The highest BCUT2D eigenvalue weighted by molar-refractivity contribution is 6.20. The summed E-state index contributed by atoms with van der Waals surface area (Å²) in [6, 6.07) is 0. The van der Waals surface area contributed by atoms with Gasteiger partial charge in [0.05, 0.1) is 0 Å². The standard InChI is InChI=1S/C5H10ClF/c1-5(2,3)4(6)7/h4H,1-3H3. The number of halogens is 2. The third-order valence-electron chi connectivity index (χ3n) is 0.655. The van der Waals surface area contributed by atoms with Crippen LogP contribution in [-0.2, 0) is 0 Å². The first-order chi connectivity index (χ1) is 2.94. The summed E-state index contributed by atoms with van der Waals surface area (Å²) >= 11 is 5.09. The second-order valence-electron chi connectivity index (χ2n) is 2.67. The molecule has 7 heavy (non-hydrogen) atoms. The van der Waals surface area contributed by atoms with Gasteiger partial charge in [-0.15, -0.1) is 0 Å². The first kappa shape index (κ1) is 7.22. The van der Waals surface area contributed by atoms with E-state index in [1.54, 1.807) is 20.8 Å². The minimum absolute atomic E-state index is 0.401. The third kappa shape index (κ3) is 2.86. The molecule has 0 amide bonds. The Morgan fingerprint density at radius 2 is 1.57 bits per heavy atom. The molecule has 0 aromatic heterocycles. The molecule has 1 unspecified atom stereocenters. The van der Waals surface area contributed by atoms with Crippen molar-refractivity contribution in [3.05, 3.63) is 0 Å². The van der Waals surface area contributed by atoms with E-state index in [9.17, 15) is 4.39 Å². The van der Waals surface area contributed by atoms with Crippen LogP contribution in [0.4, 0.5) is 4.39 Å². The first-order valence-electron chi connectivity index (χ1n) is 2.23. The Labute approximate surface area is 48.7 Å². The Morgan fingerprint density at radius 1 is 1.43 bits per heavy atom. The van der Waals surface area contributed by atoms with E-state index in [4.69, 9.17) is 11.6 Å². The SMILES string of the molecule is CC(C)(C)C(F)Cl. The second kappa shape index (κ2) is 1.99. The molecule has 0 aromatic rings. The summed E-state index contributed by atoms with van der Waals surface area (Å²) in [5.74, 6) is 0. The van der Waals surface area contributed by atoms with Gasteiger partial charge in [0, 0.05) is 5.41 Å². The molecule has 0 aliphatic rings. The molecule has 0 nitrogen and oxygen atoms in total. The molecule has 1 atom stereocenters. The monoisotopic (exact) mass is 124 g/mol. The molecule has 0 spiro atoms. The first-order valence-corrected chi connectivity index (χ1v) is 2.66. The molecule has 0 bridgehead atoms. The zero-order chi connectivity index (χ0) is 6.08. The predicted molar refractivity (Wildman–Crippen MR) is 30.2 cm³/mol. The fraction of sp³-hybridized carbons (Fsp3) is 1.00. The molecule has 0 aromatic carbocycles. The lowest BCUT2D eigenvalue weighted by Gasteiger charge is -2.16.